The molecule has 2 aliphatic heterocycles. The van der Waals surface area contributed by atoms with E-state index in [1.54, 1.807) is 35.2 Å². The van der Waals surface area contributed by atoms with Gasteiger partial charge in [0.25, 0.3) is 5.91 Å². The molecule has 3 aromatic rings. The van der Waals surface area contributed by atoms with E-state index in [0.717, 1.165) is 11.8 Å². The minimum absolute atomic E-state index is 0.0419. The number of nitrogens with one attached hydrogen (secondary N) is 1. The number of aromatic nitrogens is 3. The van der Waals surface area contributed by atoms with E-state index in [9.17, 15) is 18.0 Å². The lowest BCUT2D eigenvalue weighted by atomic mass is 10.0. The van der Waals surface area contributed by atoms with Crippen molar-refractivity contribution >= 4 is 50.4 Å². The number of fused-ring (bicyclic) bond motifs is 2. The van der Waals surface area contributed by atoms with Crippen LogP contribution in [0.2, 0.25) is 5.02 Å². The summed E-state index contributed by atoms with van der Waals surface area (Å²) in [4.78, 5) is 29.4. The number of hydrogen-bond acceptors (Lipinski definition) is 6. The van der Waals surface area contributed by atoms with Crippen LogP contribution in [0.25, 0.3) is 17.1 Å². The molecule has 34 heavy (non-hydrogen) atoms. The molecule has 9 nitrogen and oxygen atoms in total. The standard InChI is InChI=1S/C23H22ClN5O4S/c1-34(32,33)19-7-14(6-18(24)9-19)2-5-22(30)28-10-16-12-29(13-17(16)11-28)23(31)15-3-4-20-21(8-15)26-27-25-20/h2-9,16-17H,10-13H2,1H3,(H,25,26,27)/t16-,17-/m1/s1. The van der Waals surface area contributed by atoms with Crippen LogP contribution in [-0.2, 0) is 14.6 Å². The number of benzene rings is 2. The smallest absolute Gasteiger partial charge is 0.253 e. The van der Waals surface area contributed by atoms with Gasteiger partial charge in [-0.1, -0.05) is 16.8 Å². The van der Waals surface area contributed by atoms with Crippen LogP contribution in [0.5, 0.6) is 0 Å². The number of rotatable bonds is 4. The number of amides is 2. The van der Waals surface area contributed by atoms with Crippen LogP contribution in [-0.4, -0.2) is 77.9 Å². The Balaban J connectivity index is 1.21. The third-order valence-electron chi connectivity index (χ3n) is 6.40. The van der Waals surface area contributed by atoms with Gasteiger partial charge >= 0.3 is 0 Å². The van der Waals surface area contributed by atoms with Gasteiger partial charge in [0.15, 0.2) is 9.84 Å². The van der Waals surface area contributed by atoms with E-state index in [2.05, 4.69) is 15.4 Å². The highest BCUT2D eigenvalue weighted by Gasteiger charge is 2.42. The summed E-state index contributed by atoms with van der Waals surface area (Å²) >= 11 is 6.04. The zero-order chi connectivity index (χ0) is 24.0. The number of likely N-dealkylation sites (tertiary alicyclic amines) is 2. The van der Waals surface area contributed by atoms with E-state index < -0.39 is 9.84 Å². The molecule has 0 saturated carbocycles. The Hall–Kier alpha value is -3.24. The fourth-order valence-corrected chi connectivity index (χ4v) is 5.66. The van der Waals surface area contributed by atoms with Crippen molar-refractivity contribution in [3.8, 4) is 0 Å². The number of hydrogen-bond donors (Lipinski definition) is 1. The van der Waals surface area contributed by atoms with Crippen molar-refractivity contribution in [1.82, 2.24) is 25.2 Å². The SMILES string of the molecule is CS(=O)(=O)c1cc(Cl)cc(C=CC(=O)N2C[C@@H]3CN(C(=O)c4ccc5[nH]nnc5c4)C[C@H]3C2)c1. The van der Waals surface area contributed by atoms with Gasteiger partial charge in [-0.25, -0.2) is 8.42 Å². The van der Waals surface area contributed by atoms with Gasteiger partial charge in [-0.3, -0.25) is 14.7 Å². The number of halogens is 1. The molecule has 2 atom stereocenters. The molecule has 0 spiro atoms. The largest absolute Gasteiger partial charge is 0.338 e. The van der Waals surface area contributed by atoms with Crippen LogP contribution >= 0.6 is 11.6 Å². The predicted octanol–water partition coefficient (Wildman–Crippen LogP) is 2.26. The summed E-state index contributed by atoms with van der Waals surface area (Å²) in [6.45, 7) is 2.34. The lowest BCUT2D eigenvalue weighted by Crippen LogP contribution is -2.35. The topological polar surface area (TPSA) is 116 Å². The van der Waals surface area contributed by atoms with Crippen LogP contribution in [0.1, 0.15) is 15.9 Å². The van der Waals surface area contributed by atoms with Crippen molar-refractivity contribution in [1.29, 1.82) is 0 Å². The highest BCUT2D eigenvalue weighted by molar-refractivity contribution is 7.90. The second-order valence-electron chi connectivity index (χ2n) is 8.84. The van der Waals surface area contributed by atoms with E-state index in [4.69, 9.17) is 11.6 Å². The van der Waals surface area contributed by atoms with Gasteiger partial charge in [0, 0.05) is 60.9 Å². The molecule has 11 heteroatoms. The molecule has 0 bridgehead atoms. The van der Waals surface area contributed by atoms with Crippen molar-refractivity contribution in [2.45, 2.75) is 4.90 Å². The van der Waals surface area contributed by atoms with Gasteiger partial charge in [0.1, 0.15) is 5.52 Å². The summed E-state index contributed by atoms with van der Waals surface area (Å²) in [6.07, 6.45) is 4.13. The summed E-state index contributed by atoms with van der Waals surface area (Å²) in [7, 11) is -3.41. The minimum Gasteiger partial charge on any atom is -0.338 e. The molecule has 3 heterocycles. The molecule has 2 aliphatic rings. The van der Waals surface area contributed by atoms with E-state index >= 15 is 0 Å². The lowest BCUT2D eigenvalue weighted by Gasteiger charge is -2.21. The summed E-state index contributed by atoms with van der Waals surface area (Å²) in [5.74, 6) is 0.254. The first-order chi connectivity index (χ1) is 16.2. The van der Waals surface area contributed by atoms with Crippen LogP contribution in [0, 0.1) is 11.8 Å². The first-order valence-electron chi connectivity index (χ1n) is 10.7. The normalized spacial score (nSPS) is 20.4. The molecule has 0 unspecified atom stereocenters. The quantitative estimate of drug-likeness (QED) is 0.550. The van der Waals surface area contributed by atoms with Crippen molar-refractivity contribution in [3.63, 3.8) is 0 Å². The van der Waals surface area contributed by atoms with Crippen LogP contribution in [0.3, 0.4) is 0 Å². The van der Waals surface area contributed by atoms with Crippen molar-refractivity contribution < 1.29 is 18.0 Å². The summed E-state index contributed by atoms with van der Waals surface area (Å²) < 4.78 is 23.6. The molecular weight excluding hydrogens is 478 g/mol. The second-order valence-corrected chi connectivity index (χ2v) is 11.3. The summed E-state index contributed by atoms with van der Waals surface area (Å²) in [5.41, 5.74) is 2.55. The Kier molecular flexibility index (Phi) is 5.65. The van der Waals surface area contributed by atoms with Gasteiger partial charge in [0.2, 0.25) is 5.91 Å². The Morgan fingerprint density at radius 2 is 1.76 bits per heavy atom. The molecule has 2 aromatic carbocycles. The number of nitrogens with zero attached hydrogens (tertiary/aromatic N) is 4. The fraction of sp³-hybridized carbons (Fsp3) is 0.304. The highest BCUT2D eigenvalue weighted by Crippen LogP contribution is 2.32. The summed E-state index contributed by atoms with van der Waals surface area (Å²) in [5, 5.41) is 10.8. The van der Waals surface area contributed by atoms with Crippen LogP contribution in [0.15, 0.2) is 47.4 Å². The Labute approximate surface area is 201 Å². The van der Waals surface area contributed by atoms with E-state index in [1.165, 1.54) is 18.2 Å². The molecule has 1 aromatic heterocycles. The third-order valence-corrected chi connectivity index (χ3v) is 7.71. The Morgan fingerprint density at radius 1 is 1.06 bits per heavy atom. The van der Waals surface area contributed by atoms with Crippen molar-refractivity contribution in [3.05, 3.63) is 58.6 Å². The number of carbonyl (C=O) groups is 2. The van der Waals surface area contributed by atoms with E-state index in [0.29, 0.717) is 42.8 Å². The first kappa shape index (κ1) is 22.5. The maximum absolute atomic E-state index is 13.0. The predicted molar refractivity (Wildman–Crippen MR) is 127 cm³/mol. The van der Waals surface area contributed by atoms with Gasteiger partial charge in [-0.2, -0.15) is 0 Å². The number of sulfone groups is 1. The van der Waals surface area contributed by atoms with Gasteiger partial charge < -0.3 is 9.80 Å². The second kappa shape index (κ2) is 8.52. The molecule has 5 rings (SSSR count). The molecule has 0 aliphatic carbocycles. The van der Waals surface area contributed by atoms with Crippen LogP contribution < -0.4 is 0 Å². The number of carbonyl (C=O) groups excluding carboxylic acids is 2. The third kappa shape index (κ3) is 4.43. The maximum Gasteiger partial charge on any atom is 0.253 e. The van der Waals surface area contributed by atoms with E-state index in [-0.39, 0.29) is 33.6 Å². The van der Waals surface area contributed by atoms with Gasteiger partial charge in [-0.05, 0) is 48.0 Å². The molecule has 2 saturated heterocycles. The lowest BCUT2D eigenvalue weighted by molar-refractivity contribution is -0.125. The van der Waals surface area contributed by atoms with Crippen molar-refractivity contribution in [2.75, 3.05) is 32.4 Å². The molecule has 1 N–H and O–H groups in total. The highest BCUT2D eigenvalue weighted by atomic mass is 35.5. The van der Waals surface area contributed by atoms with Crippen molar-refractivity contribution in [2.24, 2.45) is 11.8 Å². The summed E-state index contributed by atoms with van der Waals surface area (Å²) in [6, 6.07) is 9.78. The van der Waals surface area contributed by atoms with Gasteiger partial charge in [-0.15, -0.1) is 5.10 Å². The molecule has 0 radical (unpaired) electrons. The fourth-order valence-electron chi connectivity index (χ4n) is 4.66. The average Bonchev–Trinajstić information content (AvgIpc) is 3.50. The minimum atomic E-state index is -3.41. The molecule has 176 valence electrons. The Morgan fingerprint density at radius 3 is 2.47 bits per heavy atom. The maximum atomic E-state index is 13.0. The molecule has 2 amide bonds. The monoisotopic (exact) mass is 499 g/mol. The number of H-pyrrole nitrogens is 1. The van der Waals surface area contributed by atoms with Crippen LogP contribution in [0.4, 0.5) is 0 Å². The molecular formula is C23H22ClN5O4S. The average molecular weight is 500 g/mol. The van der Waals surface area contributed by atoms with Gasteiger partial charge in [0.05, 0.1) is 10.4 Å². The zero-order valence-electron chi connectivity index (χ0n) is 18.3. The molecule has 2 fully saturated rings. The number of aromatic amines is 1. The first-order valence-corrected chi connectivity index (χ1v) is 13.0. The Bertz CT molecular complexity index is 1420. The van der Waals surface area contributed by atoms with E-state index in [1.807, 2.05) is 4.90 Å². The zero-order valence-corrected chi connectivity index (χ0v) is 19.9.